The molecule has 2 N–H and O–H groups in total. The summed E-state index contributed by atoms with van der Waals surface area (Å²) in [6.45, 7) is 12.6. The number of esters is 2. The van der Waals surface area contributed by atoms with Gasteiger partial charge in [0.25, 0.3) is 0 Å². The van der Waals surface area contributed by atoms with Crippen molar-refractivity contribution < 1.29 is 29.3 Å². The predicted octanol–water partition coefficient (Wildman–Crippen LogP) is 8.68. The highest BCUT2D eigenvalue weighted by Gasteiger charge is 2.59. The van der Waals surface area contributed by atoms with Crippen molar-refractivity contribution in [1.29, 1.82) is 0 Å². The average molecular weight is 601 g/mol. The smallest absolute Gasteiger partial charge is 0.310 e. The number of rotatable bonds is 14. The van der Waals surface area contributed by atoms with Crippen molar-refractivity contribution in [3.63, 3.8) is 0 Å². The second-order valence-electron chi connectivity index (χ2n) is 12.3. The van der Waals surface area contributed by atoms with Crippen LogP contribution >= 0.6 is 0 Å². The van der Waals surface area contributed by atoms with Crippen LogP contribution in [0.5, 0.6) is 11.5 Å². The standard InChI is InChI=1S/C38H48O6/c1-25(2)9-7-11-27(5)21-23-43-37(41)35-33(29-13-17-31(39)18-14-29)36(34(35)30-15-19-32(40)20-16-30)38(42)44-24-22-28(6)12-8-10-26(3)4/h9-10,13-22,33-36,39-40H,7-8,11-12,23-24H2,1-6H3/b27-21-,28-22-. The van der Waals surface area contributed by atoms with Crippen LogP contribution < -0.4 is 0 Å². The zero-order chi connectivity index (χ0) is 32.2. The van der Waals surface area contributed by atoms with E-state index < -0.39 is 35.6 Å². The van der Waals surface area contributed by atoms with Crippen LogP contribution in [0.1, 0.15) is 90.2 Å². The Labute approximate surface area is 262 Å². The van der Waals surface area contributed by atoms with Crippen LogP contribution in [0.15, 0.2) is 95.1 Å². The summed E-state index contributed by atoms with van der Waals surface area (Å²) in [5.41, 5.74) is 6.33. The molecule has 1 aliphatic carbocycles. The molecule has 1 saturated carbocycles. The molecule has 236 valence electrons. The van der Waals surface area contributed by atoms with Crippen molar-refractivity contribution in [2.45, 2.75) is 79.1 Å². The van der Waals surface area contributed by atoms with Gasteiger partial charge >= 0.3 is 11.9 Å². The highest BCUT2D eigenvalue weighted by molar-refractivity contribution is 5.85. The molecule has 1 fully saturated rings. The first-order valence-electron chi connectivity index (χ1n) is 15.5. The Morgan fingerprint density at radius 1 is 0.591 bits per heavy atom. The van der Waals surface area contributed by atoms with Gasteiger partial charge in [0.1, 0.15) is 24.7 Å². The van der Waals surface area contributed by atoms with E-state index in [9.17, 15) is 19.8 Å². The van der Waals surface area contributed by atoms with Gasteiger partial charge in [-0.3, -0.25) is 9.59 Å². The molecule has 0 aliphatic heterocycles. The SMILES string of the molecule is CC(C)=CCC/C(C)=C\COC(=O)C1C(c2ccc(O)cc2)C(C(=O)OC/C=C(/C)CCC=C(C)C)C1c1ccc(O)cc1. The first-order chi connectivity index (χ1) is 21.0. The van der Waals surface area contributed by atoms with Crippen LogP contribution in [0.4, 0.5) is 0 Å². The Kier molecular flexibility index (Phi) is 13.1. The fraction of sp³-hybridized carbons (Fsp3) is 0.421. The van der Waals surface area contributed by atoms with E-state index in [2.05, 4.69) is 39.8 Å². The predicted molar refractivity (Wildman–Crippen MR) is 175 cm³/mol. The lowest BCUT2D eigenvalue weighted by molar-refractivity contribution is -0.166. The minimum Gasteiger partial charge on any atom is -0.508 e. The largest absolute Gasteiger partial charge is 0.508 e. The first kappa shape index (κ1) is 34.4. The molecule has 1 aliphatic rings. The lowest BCUT2D eigenvalue weighted by atomic mass is 9.52. The third-order valence-electron chi connectivity index (χ3n) is 8.15. The lowest BCUT2D eigenvalue weighted by Gasteiger charge is -2.49. The summed E-state index contributed by atoms with van der Waals surface area (Å²) in [5.74, 6) is -2.89. The number of ether oxygens (including phenoxy) is 2. The molecule has 0 aromatic heterocycles. The van der Waals surface area contributed by atoms with E-state index in [-0.39, 0.29) is 24.7 Å². The van der Waals surface area contributed by atoms with Gasteiger partial charge in [0.15, 0.2) is 0 Å². The summed E-state index contributed by atoms with van der Waals surface area (Å²) < 4.78 is 11.6. The van der Waals surface area contributed by atoms with Crippen LogP contribution in [0.3, 0.4) is 0 Å². The second-order valence-corrected chi connectivity index (χ2v) is 12.3. The van der Waals surface area contributed by atoms with Crippen molar-refractivity contribution in [3.8, 4) is 11.5 Å². The van der Waals surface area contributed by atoms with Crippen LogP contribution in [-0.2, 0) is 19.1 Å². The van der Waals surface area contributed by atoms with Crippen molar-refractivity contribution in [2.24, 2.45) is 11.8 Å². The fourth-order valence-electron chi connectivity index (χ4n) is 5.66. The molecule has 0 bridgehead atoms. The fourth-order valence-corrected chi connectivity index (χ4v) is 5.66. The maximum absolute atomic E-state index is 13.7. The molecule has 0 unspecified atom stereocenters. The third kappa shape index (κ3) is 10.0. The Morgan fingerprint density at radius 3 is 1.25 bits per heavy atom. The summed E-state index contributed by atoms with van der Waals surface area (Å²) in [7, 11) is 0. The lowest BCUT2D eigenvalue weighted by Crippen LogP contribution is -2.52. The molecular formula is C38H48O6. The summed E-state index contributed by atoms with van der Waals surface area (Å²) in [4.78, 5) is 27.4. The van der Waals surface area contributed by atoms with Gasteiger partial charge in [0.05, 0.1) is 11.8 Å². The van der Waals surface area contributed by atoms with E-state index >= 15 is 0 Å². The van der Waals surface area contributed by atoms with E-state index in [1.54, 1.807) is 48.5 Å². The van der Waals surface area contributed by atoms with E-state index in [0.29, 0.717) is 0 Å². The van der Waals surface area contributed by atoms with E-state index in [0.717, 1.165) is 48.0 Å². The van der Waals surface area contributed by atoms with Gasteiger partial charge in [-0.1, -0.05) is 58.7 Å². The summed E-state index contributed by atoms with van der Waals surface area (Å²) in [5, 5.41) is 19.9. The normalized spacial score (nSPS) is 19.9. The maximum Gasteiger partial charge on any atom is 0.310 e. The Hall–Kier alpha value is -4.06. The zero-order valence-electron chi connectivity index (χ0n) is 27.0. The average Bonchev–Trinajstić information content (AvgIpc) is 2.94. The monoisotopic (exact) mass is 600 g/mol. The number of hydrogen-bond acceptors (Lipinski definition) is 6. The Morgan fingerprint density at radius 2 is 0.932 bits per heavy atom. The van der Waals surface area contributed by atoms with Crippen LogP contribution in [0.2, 0.25) is 0 Å². The van der Waals surface area contributed by atoms with Crippen LogP contribution in [-0.4, -0.2) is 35.4 Å². The van der Waals surface area contributed by atoms with E-state index in [1.165, 1.54) is 11.1 Å². The number of phenols is 2. The van der Waals surface area contributed by atoms with Gasteiger partial charge in [0.2, 0.25) is 0 Å². The molecule has 6 nitrogen and oxygen atoms in total. The molecule has 0 atom stereocenters. The number of benzene rings is 2. The topological polar surface area (TPSA) is 93.1 Å². The molecule has 0 spiro atoms. The van der Waals surface area contributed by atoms with Gasteiger partial charge in [-0.25, -0.2) is 0 Å². The second kappa shape index (κ2) is 16.7. The molecule has 0 saturated heterocycles. The van der Waals surface area contributed by atoms with E-state index in [1.807, 2.05) is 26.0 Å². The number of carbonyl (C=O) groups excluding carboxylic acids is 2. The molecular weight excluding hydrogens is 552 g/mol. The Bertz CT molecular complexity index is 1250. The highest BCUT2D eigenvalue weighted by Crippen LogP contribution is 2.58. The third-order valence-corrected chi connectivity index (χ3v) is 8.15. The molecule has 0 amide bonds. The van der Waals surface area contributed by atoms with Gasteiger partial charge in [0, 0.05) is 11.8 Å². The first-order valence-corrected chi connectivity index (χ1v) is 15.5. The summed E-state index contributed by atoms with van der Waals surface area (Å²) in [6.07, 6.45) is 11.9. The zero-order valence-corrected chi connectivity index (χ0v) is 27.0. The van der Waals surface area contributed by atoms with Crippen LogP contribution in [0.25, 0.3) is 0 Å². The van der Waals surface area contributed by atoms with Gasteiger partial charge < -0.3 is 19.7 Å². The summed E-state index contributed by atoms with van der Waals surface area (Å²) >= 11 is 0. The van der Waals surface area contributed by atoms with E-state index in [4.69, 9.17) is 9.47 Å². The number of aromatic hydroxyl groups is 2. The minimum absolute atomic E-state index is 0.101. The number of phenolic OH excluding ortho intramolecular Hbond substituents is 2. The molecule has 44 heavy (non-hydrogen) atoms. The number of hydrogen-bond donors (Lipinski definition) is 2. The summed E-state index contributed by atoms with van der Waals surface area (Å²) in [6, 6.07) is 13.2. The van der Waals surface area contributed by atoms with Crippen LogP contribution in [0, 0.1) is 11.8 Å². The minimum atomic E-state index is -0.651. The molecule has 2 aromatic rings. The molecule has 2 aromatic carbocycles. The van der Waals surface area contributed by atoms with Crippen molar-refractivity contribution in [2.75, 3.05) is 13.2 Å². The quantitative estimate of drug-likeness (QED) is 0.166. The molecule has 3 rings (SSSR count). The number of allylic oxidation sites excluding steroid dienone is 6. The van der Waals surface area contributed by atoms with Gasteiger partial charge in [-0.15, -0.1) is 0 Å². The van der Waals surface area contributed by atoms with Gasteiger partial charge in [-0.2, -0.15) is 0 Å². The van der Waals surface area contributed by atoms with Crippen molar-refractivity contribution >= 4 is 11.9 Å². The van der Waals surface area contributed by atoms with Gasteiger partial charge in [-0.05, 0) is 115 Å². The maximum atomic E-state index is 13.7. The number of carbonyl (C=O) groups is 2. The van der Waals surface area contributed by atoms with Crippen molar-refractivity contribution in [1.82, 2.24) is 0 Å². The van der Waals surface area contributed by atoms with Crippen molar-refractivity contribution in [3.05, 3.63) is 106 Å². The molecule has 0 radical (unpaired) electrons. The Balaban J connectivity index is 1.85. The highest BCUT2D eigenvalue weighted by atomic mass is 16.5. The molecule has 0 heterocycles. The molecule has 6 heteroatoms.